The normalized spacial score (nSPS) is 25.2. The van der Waals surface area contributed by atoms with Crippen molar-refractivity contribution in [2.45, 2.75) is 69.3 Å². The Morgan fingerprint density at radius 1 is 1.19 bits per heavy atom. The molecule has 1 aromatic carbocycles. The van der Waals surface area contributed by atoms with Crippen molar-refractivity contribution in [2.75, 3.05) is 19.8 Å². The Hall–Kier alpha value is -2.17. The van der Waals surface area contributed by atoms with Gasteiger partial charge in [0.25, 0.3) is 0 Å². The molecular formula is C25H32ClF4N3O3. The number of hydrogen-bond acceptors (Lipinski definition) is 4. The lowest BCUT2D eigenvalue weighted by Crippen LogP contribution is -2.56. The summed E-state index contributed by atoms with van der Waals surface area (Å²) in [6.07, 6.45) is 0.0916. The summed E-state index contributed by atoms with van der Waals surface area (Å²) in [7, 11) is 2.01. The van der Waals surface area contributed by atoms with Gasteiger partial charge in [-0.1, -0.05) is 23.7 Å². The number of aryl methyl sites for hydroxylation is 2. The number of aromatic nitrogens is 2. The highest BCUT2D eigenvalue weighted by Crippen LogP contribution is 2.36. The minimum atomic E-state index is -5.08. The molecule has 1 N–H and O–H groups in total. The maximum absolute atomic E-state index is 13.4. The first-order valence-electron chi connectivity index (χ1n) is 12.0. The zero-order valence-electron chi connectivity index (χ0n) is 20.3. The topological polar surface area (TPSA) is 67.6 Å². The van der Waals surface area contributed by atoms with Crippen LogP contribution in [-0.2, 0) is 23.0 Å². The minimum Gasteiger partial charge on any atom is -0.475 e. The van der Waals surface area contributed by atoms with Crippen LogP contribution in [0.2, 0.25) is 5.02 Å². The van der Waals surface area contributed by atoms with Crippen LogP contribution in [0.1, 0.15) is 48.6 Å². The first-order valence-corrected chi connectivity index (χ1v) is 12.3. The number of ether oxygens (including phenoxy) is 1. The van der Waals surface area contributed by atoms with Crippen LogP contribution in [0.5, 0.6) is 0 Å². The molecule has 200 valence electrons. The predicted octanol–water partition coefficient (Wildman–Crippen LogP) is 5.32. The van der Waals surface area contributed by atoms with Gasteiger partial charge in [-0.25, -0.2) is 9.18 Å². The fourth-order valence-corrected chi connectivity index (χ4v) is 5.01. The van der Waals surface area contributed by atoms with E-state index >= 15 is 0 Å². The minimum absolute atomic E-state index is 0.289. The number of halogens is 5. The van der Waals surface area contributed by atoms with Crippen LogP contribution in [0.15, 0.2) is 30.3 Å². The molecule has 0 spiro atoms. The summed E-state index contributed by atoms with van der Waals surface area (Å²) >= 11 is 6.03. The number of hydrogen-bond donors (Lipinski definition) is 1. The van der Waals surface area contributed by atoms with Gasteiger partial charge in [0.1, 0.15) is 6.67 Å². The summed E-state index contributed by atoms with van der Waals surface area (Å²) < 4.78 is 52.9. The zero-order chi connectivity index (χ0) is 26.5. The second-order valence-electron chi connectivity index (χ2n) is 9.43. The second kappa shape index (κ2) is 12.4. The highest BCUT2D eigenvalue weighted by atomic mass is 35.5. The van der Waals surface area contributed by atoms with Crippen LogP contribution in [-0.4, -0.2) is 69.9 Å². The van der Waals surface area contributed by atoms with Gasteiger partial charge in [0.2, 0.25) is 0 Å². The quantitative estimate of drug-likeness (QED) is 0.527. The molecule has 1 aliphatic heterocycles. The average Bonchev–Trinajstić information content (AvgIpc) is 3.19. The summed E-state index contributed by atoms with van der Waals surface area (Å²) in [5, 5.41) is 12.6. The van der Waals surface area contributed by atoms with Crippen molar-refractivity contribution in [3.8, 4) is 0 Å². The Balaban J connectivity index is 0.000000454. The van der Waals surface area contributed by atoms with Crippen molar-refractivity contribution in [3.05, 3.63) is 52.3 Å². The molecule has 6 nitrogen and oxygen atoms in total. The third kappa shape index (κ3) is 7.66. The van der Waals surface area contributed by atoms with Crippen LogP contribution in [0, 0.1) is 6.92 Å². The predicted molar refractivity (Wildman–Crippen MR) is 128 cm³/mol. The van der Waals surface area contributed by atoms with Gasteiger partial charge in [-0.2, -0.15) is 18.3 Å². The molecule has 0 unspecified atom stereocenters. The van der Waals surface area contributed by atoms with Crippen molar-refractivity contribution in [1.82, 2.24) is 14.7 Å². The van der Waals surface area contributed by atoms with Crippen LogP contribution in [0.4, 0.5) is 17.6 Å². The molecule has 2 aromatic rings. The lowest BCUT2D eigenvalue weighted by molar-refractivity contribution is -0.192. The van der Waals surface area contributed by atoms with Gasteiger partial charge in [0.15, 0.2) is 0 Å². The second-order valence-corrected chi connectivity index (χ2v) is 9.87. The molecule has 1 saturated heterocycles. The van der Waals surface area contributed by atoms with E-state index in [1.165, 1.54) is 17.0 Å². The smallest absolute Gasteiger partial charge is 0.475 e. The van der Waals surface area contributed by atoms with E-state index in [0.717, 1.165) is 37.1 Å². The van der Waals surface area contributed by atoms with Crippen molar-refractivity contribution in [2.24, 2.45) is 7.05 Å². The number of nitrogens with zero attached hydrogens (tertiary/aromatic N) is 3. The van der Waals surface area contributed by atoms with Crippen LogP contribution in [0.3, 0.4) is 0 Å². The molecule has 2 fully saturated rings. The fraction of sp³-hybridized carbons (Fsp3) is 0.600. The molecule has 2 heterocycles. The number of alkyl halides is 4. The highest BCUT2D eigenvalue weighted by Gasteiger charge is 2.38. The molecule has 2 aliphatic rings. The lowest BCUT2D eigenvalue weighted by Gasteiger charge is -2.45. The van der Waals surface area contributed by atoms with Gasteiger partial charge in [0, 0.05) is 42.3 Å². The van der Waals surface area contributed by atoms with Gasteiger partial charge in [-0.15, -0.1) is 0 Å². The van der Waals surface area contributed by atoms with E-state index in [2.05, 4.69) is 30.0 Å². The standard InChI is InChI=1S/C23H31ClFN3O.C2HF3O2/c1-16-11-23(26-27(16)2)18-5-9-20(10-6-18)28-14-22(13-25)29-15-21(28)12-17-3-7-19(24)8-4-17;3-2(4,5)1(6)7/h3-4,7-8,11,18,20-22H,5-6,9-10,12-15H2,1-2H3;(H,6,7)/t18?,20?,21-,22-;/m0./s1. The molecule has 1 aliphatic carbocycles. The first-order chi connectivity index (χ1) is 17.0. The van der Waals surface area contributed by atoms with Crippen molar-refractivity contribution >= 4 is 17.6 Å². The van der Waals surface area contributed by atoms with Gasteiger partial charge in [-0.05, 0) is 62.8 Å². The third-order valence-corrected chi connectivity index (χ3v) is 7.18. The summed E-state index contributed by atoms with van der Waals surface area (Å²) in [5.74, 6) is -2.22. The number of aliphatic carboxylic acids is 1. The van der Waals surface area contributed by atoms with Crippen LogP contribution < -0.4 is 0 Å². The molecule has 1 saturated carbocycles. The molecule has 0 radical (unpaired) electrons. The van der Waals surface area contributed by atoms with Crippen LogP contribution >= 0.6 is 11.6 Å². The molecule has 36 heavy (non-hydrogen) atoms. The number of rotatable bonds is 5. The summed E-state index contributed by atoms with van der Waals surface area (Å²) in [6, 6.07) is 11.1. The molecule has 11 heteroatoms. The summed E-state index contributed by atoms with van der Waals surface area (Å²) in [4.78, 5) is 11.4. The van der Waals surface area contributed by atoms with Gasteiger partial charge in [0.05, 0.1) is 18.4 Å². The Morgan fingerprint density at radius 2 is 1.81 bits per heavy atom. The Kier molecular flexibility index (Phi) is 9.77. The Labute approximate surface area is 213 Å². The van der Waals surface area contributed by atoms with Crippen LogP contribution in [0.25, 0.3) is 0 Å². The third-order valence-electron chi connectivity index (χ3n) is 6.92. The molecule has 0 amide bonds. The average molecular weight is 534 g/mol. The molecule has 4 rings (SSSR count). The molecular weight excluding hydrogens is 502 g/mol. The molecule has 0 bridgehead atoms. The van der Waals surface area contributed by atoms with Gasteiger partial charge >= 0.3 is 12.1 Å². The van der Waals surface area contributed by atoms with E-state index in [9.17, 15) is 17.6 Å². The number of carboxylic acids is 1. The van der Waals surface area contributed by atoms with E-state index in [4.69, 9.17) is 31.3 Å². The number of morpholine rings is 1. The maximum Gasteiger partial charge on any atom is 0.490 e. The maximum atomic E-state index is 13.4. The first kappa shape index (κ1) is 28.4. The van der Waals surface area contributed by atoms with E-state index in [1.54, 1.807) is 0 Å². The number of carboxylic acid groups (broad SMARTS) is 1. The van der Waals surface area contributed by atoms with Crippen molar-refractivity contribution in [3.63, 3.8) is 0 Å². The molecule has 1 aromatic heterocycles. The number of benzene rings is 1. The fourth-order valence-electron chi connectivity index (χ4n) is 4.88. The van der Waals surface area contributed by atoms with E-state index < -0.39 is 18.8 Å². The highest BCUT2D eigenvalue weighted by molar-refractivity contribution is 6.30. The molecule has 2 atom stereocenters. The lowest BCUT2D eigenvalue weighted by atomic mass is 9.82. The van der Waals surface area contributed by atoms with E-state index in [-0.39, 0.29) is 12.1 Å². The van der Waals surface area contributed by atoms with Gasteiger partial charge < -0.3 is 9.84 Å². The summed E-state index contributed by atoms with van der Waals surface area (Å²) in [6.45, 7) is 2.98. The van der Waals surface area contributed by atoms with Gasteiger partial charge in [-0.3, -0.25) is 9.58 Å². The zero-order valence-corrected chi connectivity index (χ0v) is 21.1. The van der Waals surface area contributed by atoms with E-state index in [1.807, 2.05) is 23.9 Å². The SMILES string of the molecule is Cc1cc(C2CCC(N3C[C@H](CF)OC[C@@H]3Cc3ccc(Cl)cc3)CC2)nn1C.O=C(O)C(F)(F)F. The largest absolute Gasteiger partial charge is 0.490 e. The number of carbonyl (C=O) groups is 1. The summed E-state index contributed by atoms with van der Waals surface area (Å²) in [5.41, 5.74) is 3.69. The van der Waals surface area contributed by atoms with E-state index in [0.29, 0.717) is 25.1 Å². The monoisotopic (exact) mass is 533 g/mol. The van der Waals surface area contributed by atoms with Crippen molar-refractivity contribution < 1.29 is 32.2 Å². The Morgan fingerprint density at radius 3 is 2.31 bits per heavy atom. The van der Waals surface area contributed by atoms with Crippen molar-refractivity contribution in [1.29, 1.82) is 0 Å². The Bertz CT molecular complexity index is 972.